The number of hydrogen-bond donors (Lipinski definition) is 1. The van der Waals surface area contributed by atoms with Crippen LogP contribution in [0.4, 0.5) is 0 Å². The van der Waals surface area contributed by atoms with E-state index in [9.17, 15) is 9.59 Å². The molecular formula is C19H19Cl2N3O2. The van der Waals surface area contributed by atoms with Crippen LogP contribution < -0.4 is 5.32 Å². The average Bonchev–Trinajstić information content (AvgIpc) is 2.69. The third-order valence-corrected chi connectivity index (χ3v) is 5.28. The molecule has 1 N–H and O–H groups in total. The Balaban J connectivity index is 1.48. The van der Waals surface area contributed by atoms with Crippen LogP contribution in [-0.4, -0.2) is 41.3 Å². The molecule has 0 bridgehead atoms. The summed E-state index contributed by atoms with van der Waals surface area (Å²) in [4.78, 5) is 30.4. The molecule has 0 spiro atoms. The van der Waals surface area contributed by atoms with E-state index >= 15 is 0 Å². The molecule has 0 atom stereocenters. The molecule has 5 nitrogen and oxygen atoms in total. The Labute approximate surface area is 162 Å². The number of likely N-dealkylation sites (tertiary alicyclic amines) is 1. The first-order valence-corrected chi connectivity index (χ1v) is 9.22. The molecule has 1 aliphatic rings. The van der Waals surface area contributed by atoms with E-state index in [-0.39, 0.29) is 11.8 Å². The SMILES string of the molecule is O=C(NCC1CCN(C(=O)c2ccc(Cl)c(Cl)c2)CC1)c1cccnc1. The van der Waals surface area contributed by atoms with Crippen molar-refractivity contribution in [2.45, 2.75) is 12.8 Å². The van der Waals surface area contributed by atoms with Gasteiger partial charge in [0, 0.05) is 37.6 Å². The van der Waals surface area contributed by atoms with Gasteiger partial charge in [0.15, 0.2) is 0 Å². The van der Waals surface area contributed by atoms with Crippen molar-refractivity contribution in [3.05, 3.63) is 63.9 Å². The zero-order valence-electron chi connectivity index (χ0n) is 14.1. The molecule has 2 heterocycles. The first-order chi connectivity index (χ1) is 12.5. The normalized spacial score (nSPS) is 14.9. The van der Waals surface area contributed by atoms with Gasteiger partial charge in [0.25, 0.3) is 11.8 Å². The number of hydrogen-bond acceptors (Lipinski definition) is 3. The minimum absolute atomic E-state index is 0.0404. The van der Waals surface area contributed by atoms with E-state index in [4.69, 9.17) is 23.2 Å². The van der Waals surface area contributed by atoms with Crippen LogP contribution in [0.5, 0.6) is 0 Å². The van der Waals surface area contributed by atoms with E-state index in [1.807, 2.05) is 4.90 Å². The third-order valence-electron chi connectivity index (χ3n) is 4.54. The molecule has 2 aromatic rings. The number of pyridine rings is 1. The number of nitrogens with one attached hydrogen (secondary N) is 1. The highest BCUT2D eigenvalue weighted by atomic mass is 35.5. The highest BCUT2D eigenvalue weighted by molar-refractivity contribution is 6.42. The Morgan fingerprint density at radius 1 is 1.12 bits per heavy atom. The Bertz CT molecular complexity index is 791. The summed E-state index contributed by atoms with van der Waals surface area (Å²) in [6, 6.07) is 8.41. The molecule has 3 rings (SSSR count). The van der Waals surface area contributed by atoms with E-state index < -0.39 is 0 Å². The van der Waals surface area contributed by atoms with E-state index in [2.05, 4.69) is 10.3 Å². The lowest BCUT2D eigenvalue weighted by molar-refractivity contribution is 0.0684. The number of carbonyl (C=O) groups is 2. The van der Waals surface area contributed by atoms with Crippen molar-refractivity contribution in [2.24, 2.45) is 5.92 Å². The smallest absolute Gasteiger partial charge is 0.253 e. The van der Waals surface area contributed by atoms with Crippen LogP contribution in [0, 0.1) is 5.92 Å². The van der Waals surface area contributed by atoms with Gasteiger partial charge in [-0.25, -0.2) is 0 Å². The summed E-state index contributed by atoms with van der Waals surface area (Å²) in [6.07, 6.45) is 4.88. The molecular weight excluding hydrogens is 373 g/mol. The maximum atomic E-state index is 12.6. The van der Waals surface area contributed by atoms with Crippen molar-refractivity contribution in [3.8, 4) is 0 Å². The quantitative estimate of drug-likeness (QED) is 0.864. The number of nitrogens with zero attached hydrogens (tertiary/aromatic N) is 2. The first kappa shape index (κ1) is 18.7. The molecule has 26 heavy (non-hydrogen) atoms. The predicted molar refractivity (Wildman–Crippen MR) is 102 cm³/mol. The summed E-state index contributed by atoms with van der Waals surface area (Å²) in [6.45, 7) is 1.92. The summed E-state index contributed by atoms with van der Waals surface area (Å²) in [5, 5.41) is 3.76. The monoisotopic (exact) mass is 391 g/mol. The van der Waals surface area contributed by atoms with Gasteiger partial charge in [-0.1, -0.05) is 23.2 Å². The van der Waals surface area contributed by atoms with Gasteiger partial charge >= 0.3 is 0 Å². The van der Waals surface area contributed by atoms with Gasteiger partial charge in [-0.05, 0) is 49.1 Å². The van der Waals surface area contributed by atoms with E-state index in [1.165, 1.54) is 0 Å². The number of halogens is 2. The van der Waals surface area contributed by atoms with E-state index in [0.717, 1.165) is 12.8 Å². The standard InChI is InChI=1S/C19H19Cl2N3O2/c20-16-4-3-14(10-17(16)21)19(26)24-8-5-13(6-9-24)11-23-18(25)15-2-1-7-22-12-15/h1-4,7,10,12-13H,5-6,8-9,11H2,(H,23,25). The molecule has 0 unspecified atom stereocenters. The van der Waals surface area contributed by atoms with Crippen molar-refractivity contribution in [1.29, 1.82) is 0 Å². The van der Waals surface area contributed by atoms with Crippen LogP contribution in [-0.2, 0) is 0 Å². The fourth-order valence-electron chi connectivity index (χ4n) is 2.99. The maximum absolute atomic E-state index is 12.6. The van der Waals surface area contributed by atoms with Crippen molar-refractivity contribution >= 4 is 35.0 Å². The molecule has 0 aliphatic carbocycles. The Hall–Kier alpha value is -2.11. The number of piperidine rings is 1. The Morgan fingerprint density at radius 2 is 1.88 bits per heavy atom. The lowest BCUT2D eigenvalue weighted by Crippen LogP contribution is -2.41. The number of rotatable bonds is 4. The number of aromatic nitrogens is 1. The predicted octanol–water partition coefficient (Wildman–Crippen LogP) is 3.67. The zero-order chi connectivity index (χ0) is 18.5. The van der Waals surface area contributed by atoms with Crippen LogP contribution in [0.25, 0.3) is 0 Å². The molecule has 0 radical (unpaired) electrons. The third kappa shape index (κ3) is 4.54. The minimum atomic E-state index is -0.118. The lowest BCUT2D eigenvalue weighted by Gasteiger charge is -2.32. The summed E-state index contributed by atoms with van der Waals surface area (Å²) in [5.41, 5.74) is 1.10. The molecule has 1 aliphatic heterocycles. The van der Waals surface area contributed by atoms with Crippen LogP contribution in [0.1, 0.15) is 33.6 Å². The Morgan fingerprint density at radius 3 is 2.54 bits per heavy atom. The maximum Gasteiger partial charge on any atom is 0.253 e. The largest absolute Gasteiger partial charge is 0.352 e. The van der Waals surface area contributed by atoms with Crippen molar-refractivity contribution in [2.75, 3.05) is 19.6 Å². The number of carbonyl (C=O) groups excluding carboxylic acids is 2. The molecule has 136 valence electrons. The molecule has 1 saturated heterocycles. The van der Waals surface area contributed by atoms with Gasteiger partial charge in [-0.3, -0.25) is 14.6 Å². The first-order valence-electron chi connectivity index (χ1n) is 8.47. The highest BCUT2D eigenvalue weighted by Gasteiger charge is 2.24. The number of amides is 2. The zero-order valence-corrected chi connectivity index (χ0v) is 15.6. The van der Waals surface area contributed by atoms with Crippen molar-refractivity contribution < 1.29 is 9.59 Å². The second-order valence-electron chi connectivity index (χ2n) is 6.32. The van der Waals surface area contributed by atoms with E-state index in [1.54, 1.807) is 42.7 Å². The van der Waals surface area contributed by atoms with Gasteiger partial charge in [0.05, 0.1) is 15.6 Å². The van der Waals surface area contributed by atoms with Gasteiger partial charge in [-0.2, -0.15) is 0 Å². The summed E-state index contributed by atoms with van der Waals surface area (Å²) < 4.78 is 0. The van der Waals surface area contributed by atoms with Crippen LogP contribution in [0.2, 0.25) is 10.0 Å². The minimum Gasteiger partial charge on any atom is -0.352 e. The van der Waals surface area contributed by atoms with Crippen LogP contribution in [0.15, 0.2) is 42.7 Å². The topological polar surface area (TPSA) is 62.3 Å². The van der Waals surface area contributed by atoms with Gasteiger partial charge < -0.3 is 10.2 Å². The highest BCUT2D eigenvalue weighted by Crippen LogP contribution is 2.24. The van der Waals surface area contributed by atoms with Crippen molar-refractivity contribution in [1.82, 2.24) is 15.2 Å². The molecule has 7 heteroatoms. The van der Waals surface area contributed by atoms with Gasteiger partial charge in [0.2, 0.25) is 0 Å². The second kappa shape index (κ2) is 8.52. The van der Waals surface area contributed by atoms with Crippen LogP contribution in [0.3, 0.4) is 0 Å². The summed E-state index contributed by atoms with van der Waals surface area (Å²) >= 11 is 11.9. The fourth-order valence-corrected chi connectivity index (χ4v) is 3.29. The number of benzene rings is 1. The molecule has 0 saturated carbocycles. The molecule has 1 aromatic heterocycles. The Kier molecular flexibility index (Phi) is 6.12. The molecule has 1 aromatic carbocycles. The summed E-state index contributed by atoms with van der Waals surface area (Å²) in [7, 11) is 0. The second-order valence-corrected chi connectivity index (χ2v) is 7.13. The summed E-state index contributed by atoms with van der Waals surface area (Å²) in [5.74, 6) is 0.197. The average molecular weight is 392 g/mol. The van der Waals surface area contributed by atoms with Gasteiger partial charge in [-0.15, -0.1) is 0 Å². The van der Waals surface area contributed by atoms with Crippen molar-refractivity contribution in [3.63, 3.8) is 0 Å². The molecule has 2 amide bonds. The fraction of sp³-hybridized carbons (Fsp3) is 0.316. The van der Waals surface area contributed by atoms with Gasteiger partial charge in [0.1, 0.15) is 0 Å². The lowest BCUT2D eigenvalue weighted by atomic mass is 9.96. The van der Waals surface area contributed by atoms with E-state index in [0.29, 0.717) is 46.7 Å². The van der Waals surface area contributed by atoms with Crippen LogP contribution >= 0.6 is 23.2 Å². The molecule has 1 fully saturated rings.